The highest BCUT2D eigenvalue weighted by atomic mass is 35.5. The average Bonchev–Trinajstić information content (AvgIpc) is 2.66. The van der Waals surface area contributed by atoms with Crippen molar-refractivity contribution in [2.75, 3.05) is 39.1 Å². The standard InChI is InChI=1S/C21H26ClN3O3/c1-15-13-16(9-10-18(15)22)28-14-20(26)24-19-8-5-4-7-17(19)21(27)23-11-6-12-25(2)3/h4-5,7-10,13H,6,11-12,14H2,1-3H3,(H,23,27)(H,24,26). The van der Waals surface area contributed by atoms with Gasteiger partial charge in [-0.15, -0.1) is 0 Å². The van der Waals surface area contributed by atoms with E-state index >= 15 is 0 Å². The van der Waals surface area contributed by atoms with Crippen molar-refractivity contribution in [2.45, 2.75) is 13.3 Å². The maximum absolute atomic E-state index is 12.4. The molecular weight excluding hydrogens is 378 g/mol. The van der Waals surface area contributed by atoms with Crippen molar-refractivity contribution < 1.29 is 14.3 Å². The SMILES string of the molecule is Cc1cc(OCC(=O)Nc2ccccc2C(=O)NCCCN(C)C)ccc1Cl. The Hall–Kier alpha value is -2.57. The monoisotopic (exact) mass is 403 g/mol. The van der Waals surface area contributed by atoms with Gasteiger partial charge >= 0.3 is 0 Å². The van der Waals surface area contributed by atoms with Gasteiger partial charge in [-0.05, 0) is 69.9 Å². The summed E-state index contributed by atoms with van der Waals surface area (Å²) in [6.45, 7) is 3.15. The predicted octanol–water partition coefficient (Wildman–Crippen LogP) is 3.35. The van der Waals surface area contributed by atoms with Gasteiger partial charge in [-0.3, -0.25) is 9.59 Å². The molecule has 2 aromatic carbocycles. The van der Waals surface area contributed by atoms with E-state index in [9.17, 15) is 9.59 Å². The molecule has 2 rings (SSSR count). The number of nitrogens with one attached hydrogen (secondary N) is 2. The zero-order valence-corrected chi connectivity index (χ0v) is 17.2. The Balaban J connectivity index is 1.91. The van der Waals surface area contributed by atoms with E-state index in [4.69, 9.17) is 16.3 Å². The number of aryl methyl sites for hydroxylation is 1. The highest BCUT2D eigenvalue weighted by molar-refractivity contribution is 6.31. The minimum absolute atomic E-state index is 0.167. The van der Waals surface area contributed by atoms with Crippen LogP contribution < -0.4 is 15.4 Å². The number of amides is 2. The van der Waals surface area contributed by atoms with Crippen molar-refractivity contribution in [1.82, 2.24) is 10.2 Å². The van der Waals surface area contributed by atoms with E-state index in [1.807, 2.05) is 21.0 Å². The van der Waals surface area contributed by atoms with E-state index < -0.39 is 0 Å². The molecule has 0 bridgehead atoms. The first-order chi connectivity index (χ1) is 13.4. The first-order valence-corrected chi connectivity index (χ1v) is 9.45. The quantitative estimate of drug-likeness (QED) is 0.630. The molecule has 6 nitrogen and oxygen atoms in total. The lowest BCUT2D eigenvalue weighted by molar-refractivity contribution is -0.118. The van der Waals surface area contributed by atoms with Gasteiger partial charge in [0, 0.05) is 11.6 Å². The summed E-state index contributed by atoms with van der Waals surface area (Å²) in [6.07, 6.45) is 0.849. The number of hydrogen-bond acceptors (Lipinski definition) is 4. The number of carbonyl (C=O) groups is 2. The van der Waals surface area contributed by atoms with E-state index in [1.54, 1.807) is 42.5 Å². The van der Waals surface area contributed by atoms with Gasteiger partial charge in [0.25, 0.3) is 11.8 Å². The third kappa shape index (κ3) is 6.87. The number of nitrogens with zero attached hydrogens (tertiary/aromatic N) is 1. The van der Waals surface area contributed by atoms with Gasteiger partial charge in [-0.25, -0.2) is 0 Å². The lowest BCUT2D eigenvalue weighted by Gasteiger charge is -2.13. The summed E-state index contributed by atoms with van der Waals surface area (Å²) >= 11 is 5.98. The van der Waals surface area contributed by atoms with Crippen LogP contribution in [-0.4, -0.2) is 50.5 Å². The van der Waals surface area contributed by atoms with Crippen LogP contribution >= 0.6 is 11.6 Å². The molecule has 0 unspecified atom stereocenters. The summed E-state index contributed by atoms with van der Waals surface area (Å²) in [6, 6.07) is 12.1. The van der Waals surface area contributed by atoms with Gasteiger partial charge in [-0.1, -0.05) is 23.7 Å². The molecule has 0 heterocycles. The van der Waals surface area contributed by atoms with Crippen molar-refractivity contribution >= 4 is 29.1 Å². The molecule has 0 aromatic heterocycles. The molecular formula is C21H26ClN3O3. The van der Waals surface area contributed by atoms with Crippen molar-refractivity contribution in [3.63, 3.8) is 0 Å². The molecule has 0 saturated heterocycles. The highest BCUT2D eigenvalue weighted by Crippen LogP contribution is 2.21. The Kier molecular flexibility index (Phi) is 8.29. The molecule has 0 aliphatic heterocycles. The normalized spacial score (nSPS) is 10.6. The minimum Gasteiger partial charge on any atom is -0.484 e. The molecule has 0 saturated carbocycles. The second-order valence-corrected chi connectivity index (χ2v) is 7.11. The second-order valence-electron chi connectivity index (χ2n) is 6.71. The molecule has 0 atom stereocenters. The largest absolute Gasteiger partial charge is 0.484 e. The van der Waals surface area contributed by atoms with Crippen LogP contribution in [0.3, 0.4) is 0 Å². The lowest BCUT2D eigenvalue weighted by Crippen LogP contribution is -2.28. The van der Waals surface area contributed by atoms with Gasteiger partial charge in [0.2, 0.25) is 0 Å². The van der Waals surface area contributed by atoms with E-state index in [1.165, 1.54) is 0 Å². The maximum atomic E-state index is 12.4. The molecule has 0 aliphatic carbocycles. The highest BCUT2D eigenvalue weighted by Gasteiger charge is 2.13. The average molecular weight is 404 g/mol. The summed E-state index contributed by atoms with van der Waals surface area (Å²) in [4.78, 5) is 26.7. The molecule has 0 fully saturated rings. The Bertz CT molecular complexity index is 824. The van der Waals surface area contributed by atoms with Crippen LogP contribution in [0.15, 0.2) is 42.5 Å². The fourth-order valence-corrected chi connectivity index (χ4v) is 2.64. The number of benzene rings is 2. The third-order valence-electron chi connectivity index (χ3n) is 4.01. The van der Waals surface area contributed by atoms with Crippen LogP contribution in [0.2, 0.25) is 5.02 Å². The number of carbonyl (C=O) groups excluding carboxylic acids is 2. The van der Waals surface area contributed by atoms with E-state index in [0.717, 1.165) is 18.5 Å². The van der Waals surface area contributed by atoms with Crippen LogP contribution in [0.25, 0.3) is 0 Å². The number of ether oxygens (including phenoxy) is 1. The zero-order valence-electron chi connectivity index (χ0n) is 16.4. The molecule has 0 spiro atoms. The van der Waals surface area contributed by atoms with Crippen molar-refractivity contribution in [3.05, 3.63) is 58.6 Å². The van der Waals surface area contributed by atoms with Crippen LogP contribution in [0, 0.1) is 6.92 Å². The number of halogens is 1. The molecule has 7 heteroatoms. The van der Waals surface area contributed by atoms with E-state index in [0.29, 0.717) is 28.6 Å². The van der Waals surface area contributed by atoms with Crippen molar-refractivity contribution in [1.29, 1.82) is 0 Å². The Morgan fingerprint density at radius 3 is 2.61 bits per heavy atom. The van der Waals surface area contributed by atoms with Crippen LogP contribution in [0.5, 0.6) is 5.75 Å². The topological polar surface area (TPSA) is 70.7 Å². The molecule has 2 aromatic rings. The maximum Gasteiger partial charge on any atom is 0.262 e. The summed E-state index contributed by atoms with van der Waals surface area (Å²) in [7, 11) is 3.97. The van der Waals surface area contributed by atoms with Crippen LogP contribution in [-0.2, 0) is 4.79 Å². The van der Waals surface area contributed by atoms with Gasteiger partial charge in [-0.2, -0.15) is 0 Å². The first-order valence-electron chi connectivity index (χ1n) is 9.07. The van der Waals surface area contributed by atoms with Gasteiger partial charge in [0.15, 0.2) is 6.61 Å². The second kappa shape index (κ2) is 10.7. The number of hydrogen-bond donors (Lipinski definition) is 2. The Morgan fingerprint density at radius 1 is 1.14 bits per heavy atom. The number of para-hydroxylation sites is 1. The third-order valence-corrected chi connectivity index (χ3v) is 4.44. The summed E-state index contributed by atoms with van der Waals surface area (Å²) in [5.41, 5.74) is 1.74. The molecule has 0 aliphatic rings. The van der Waals surface area contributed by atoms with Crippen molar-refractivity contribution in [2.24, 2.45) is 0 Å². The van der Waals surface area contributed by atoms with E-state index in [-0.39, 0.29) is 18.4 Å². The fraction of sp³-hybridized carbons (Fsp3) is 0.333. The van der Waals surface area contributed by atoms with Crippen LogP contribution in [0.4, 0.5) is 5.69 Å². The van der Waals surface area contributed by atoms with E-state index in [2.05, 4.69) is 15.5 Å². The zero-order chi connectivity index (χ0) is 20.5. The smallest absolute Gasteiger partial charge is 0.262 e. The summed E-state index contributed by atoms with van der Waals surface area (Å²) in [5.74, 6) is -0.00617. The molecule has 0 radical (unpaired) electrons. The molecule has 2 N–H and O–H groups in total. The predicted molar refractivity (Wildman–Crippen MR) is 112 cm³/mol. The van der Waals surface area contributed by atoms with Gasteiger partial charge in [0.05, 0.1) is 11.3 Å². The van der Waals surface area contributed by atoms with Gasteiger partial charge in [0.1, 0.15) is 5.75 Å². The first kappa shape index (κ1) is 21.7. The molecule has 2 amide bonds. The molecule has 28 heavy (non-hydrogen) atoms. The summed E-state index contributed by atoms with van der Waals surface area (Å²) in [5, 5.41) is 6.25. The summed E-state index contributed by atoms with van der Waals surface area (Å²) < 4.78 is 5.50. The fourth-order valence-electron chi connectivity index (χ4n) is 2.52. The number of anilines is 1. The number of rotatable bonds is 9. The lowest BCUT2D eigenvalue weighted by atomic mass is 10.1. The van der Waals surface area contributed by atoms with Gasteiger partial charge < -0.3 is 20.3 Å². The van der Waals surface area contributed by atoms with Crippen LogP contribution in [0.1, 0.15) is 22.3 Å². The minimum atomic E-state index is -0.347. The molecule has 150 valence electrons. The Morgan fingerprint density at radius 2 is 1.89 bits per heavy atom. The van der Waals surface area contributed by atoms with Crippen molar-refractivity contribution in [3.8, 4) is 5.75 Å². The Labute approximate surface area is 170 Å².